The molecular formula is C14H17NO3. The lowest BCUT2D eigenvalue weighted by atomic mass is 10.1. The van der Waals surface area contributed by atoms with E-state index in [9.17, 15) is 4.79 Å². The molecule has 1 aromatic carbocycles. The third-order valence-corrected chi connectivity index (χ3v) is 2.79. The van der Waals surface area contributed by atoms with Gasteiger partial charge in [0.25, 0.3) is 5.91 Å². The summed E-state index contributed by atoms with van der Waals surface area (Å²) < 4.78 is 5.25. The summed E-state index contributed by atoms with van der Waals surface area (Å²) in [6.07, 6.45) is 4.17. The second kappa shape index (κ2) is 5.69. The van der Waals surface area contributed by atoms with Crippen molar-refractivity contribution in [3.63, 3.8) is 0 Å². The van der Waals surface area contributed by atoms with Crippen LogP contribution < -0.4 is 4.74 Å². The first kappa shape index (κ1) is 12.6. The Labute approximate surface area is 107 Å². The van der Waals surface area contributed by atoms with Gasteiger partial charge in [0.2, 0.25) is 0 Å². The first-order valence-electron chi connectivity index (χ1n) is 5.98. The summed E-state index contributed by atoms with van der Waals surface area (Å²) in [7, 11) is 1.62. The van der Waals surface area contributed by atoms with E-state index >= 15 is 0 Å². The number of amides is 1. The molecule has 1 saturated heterocycles. The van der Waals surface area contributed by atoms with Gasteiger partial charge in [-0.15, -0.1) is 0 Å². The maximum Gasteiger partial charge on any atom is 0.270 e. The number of nitrogens with zero attached hydrogens (tertiary/aromatic N) is 1. The Bertz CT molecular complexity index is 462. The van der Waals surface area contributed by atoms with Crippen LogP contribution in [0.15, 0.2) is 24.3 Å². The number of hydrogen-bond donors (Lipinski definition) is 0. The summed E-state index contributed by atoms with van der Waals surface area (Å²) >= 11 is 0. The minimum atomic E-state index is -0.129. The average Bonchev–Trinajstić information content (AvgIpc) is 2.90. The van der Waals surface area contributed by atoms with Crippen LogP contribution in [0.4, 0.5) is 0 Å². The van der Waals surface area contributed by atoms with Crippen LogP contribution in [0.1, 0.15) is 17.5 Å². The van der Waals surface area contributed by atoms with E-state index in [0.717, 1.165) is 23.3 Å². The van der Waals surface area contributed by atoms with Gasteiger partial charge in [-0.3, -0.25) is 9.63 Å². The van der Waals surface area contributed by atoms with E-state index in [1.54, 1.807) is 13.2 Å². The Morgan fingerprint density at radius 1 is 1.50 bits per heavy atom. The highest BCUT2D eigenvalue weighted by Gasteiger charge is 2.16. The van der Waals surface area contributed by atoms with Crippen molar-refractivity contribution in [2.45, 2.75) is 13.3 Å². The summed E-state index contributed by atoms with van der Waals surface area (Å²) in [5.41, 5.74) is 2.02. The first-order valence-corrected chi connectivity index (χ1v) is 5.98. The van der Waals surface area contributed by atoms with Crippen molar-refractivity contribution < 1.29 is 14.4 Å². The van der Waals surface area contributed by atoms with Crippen LogP contribution in [0.3, 0.4) is 0 Å². The van der Waals surface area contributed by atoms with Crippen molar-refractivity contribution in [3.05, 3.63) is 35.4 Å². The van der Waals surface area contributed by atoms with Gasteiger partial charge in [-0.2, -0.15) is 0 Å². The van der Waals surface area contributed by atoms with Crippen LogP contribution in [-0.2, 0) is 9.63 Å². The normalized spacial score (nSPS) is 15.3. The fraction of sp³-hybridized carbons (Fsp3) is 0.357. The van der Waals surface area contributed by atoms with Gasteiger partial charge in [0.15, 0.2) is 0 Å². The van der Waals surface area contributed by atoms with Gasteiger partial charge in [-0.05, 0) is 31.6 Å². The molecule has 1 fully saturated rings. The number of rotatable bonds is 3. The van der Waals surface area contributed by atoms with Crippen molar-refractivity contribution in [3.8, 4) is 5.75 Å². The maximum absolute atomic E-state index is 11.8. The van der Waals surface area contributed by atoms with Crippen LogP contribution in [0.2, 0.25) is 0 Å². The number of carbonyl (C=O) groups excluding carboxylic acids is 1. The minimum absolute atomic E-state index is 0.129. The number of ether oxygens (including phenoxy) is 1. The SMILES string of the molecule is COc1ccc(C)cc1/C=C/C(=O)N1CCCO1. The van der Waals surface area contributed by atoms with Gasteiger partial charge in [-0.1, -0.05) is 11.6 Å². The molecule has 18 heavy (non-hydrogen) atoms. The number of carbonyl (C=O) groups is 1. The van der Waals surface area contributed by atoms with E-state index in [0.29, 0.717) is 13.2 Å². The third-order valence-electron chi connectivity index (χ3n) is 2.79. The predicted molar refractivity (Wildman–Crippen MR) is 69.0 cm³/mol. The zero-order valence-corrected chi connectivity index (χ0v) is 10.7. The summed E-state index contributed by atoms with van der Waals surface area (Å²) in [6, 6.07) is 5.85. The molecule has 0 atom stereocenters. The molecule has 0 N–H and O–H groups in total. The summed E-state index contributed by atoms with van der Waals surface area (Å²) in [5.74, 6) is 0.628. The van der Waals surface area contributed by atoms with Gasteiger partial charge >= 0.3 is 0 Å². The summed E-state index contributed by atoms with van der Waals surface area (Å²) in [5, 5.41) is 1.39. The second-order valence-corrected chi connectivity index (χ2v) is 4.21. The van der Waals surface area contributed by atoms with E-state index in [2.05, 4.69) is 0 Å². The molecule has 1 aliphatic heterocycles. The molecule has 2 rings (SSSR count). The van der Waals surface area contributed by atoms with Crippen molar-refractivity contribution >= 4 is 12.0 Å². The van der Waals surface area contributed by atoms with E-state index in [1.807, 2.05) is 25.1 Å². The molecule has 0 spiro atoms. The van der Waals surface area contributed by atoms with E-state index in [4.69, 9.17) is 9.57 Å². The summed E-state index contributed by atoms with van der Waals surface area (Å²) in [6.45, 7) is 3.28. The Kier molecular flexibility index (Phi) is 3.99. The molecule has 1 aliphatic rings. The fourth-order valence-corrected chi connectivity index (χ4v) is 1.85. The lowest BCUT2D eigenvalue weighted by Gasteiger charge is -2.10. The molecular weight excluding hydrogens is 230 g/mol. The average molecular weight is 247 g/mol. The molecule has 1 heterocycles. The molecule has 0 bridgehead atoms. The minimum Gasteiger partial charge on any atom is -0.496 e. The standard InChI is InChI=1S/C14H17NO3/c1-11-4-6-13(17-2)12(10-11)5-7-14(16)15-8-3-9-18-15/h4-7,10H,3,8-9H2,1-2H3/b7-5+. The zero-order valence-electron chi connectivity index (χ0n) is 10.7. The van der Waals surface area contributed by atoms with Gasteiger partial charge in [0.05, 0.1) is 20.3 Å². The van der Waals surface area contributed by atoms with Crippen LogP contribution >= 0.6 is 0 Å². The molecule has 0 radical (unpaired) electrons. The number of methoxy groups -OCH3 is 1. The van der Waals surface area contributed by atoms with Gasteiger partial charge in [-0.25, -0.2) is 5.06 Å². The Morgan fingerprint density at radius 3 is 3.00 bits per heavy atom. The van der Waals surface area contributed by atoms with Crippen LogP contribution in [0, 0.1) is 6.92 Å². The molecule has 0 saturated carbocycles. The highest BCUT2D eigenvalue weighted by atomic mass is 16.7. The van der Waals surface area contributed by atoms with Gasteiger partial charge in [0.1, 0.15) is 5.75 Å². The number of benzene rings is 1. The maximum atomic E-state index is 11.8. The van der Waals surface area contributed by atoms with E-state index in [1.165, 1.54) is 11.1 Å². The zero-order chi connectivity index (χ0) is 13.0. The lowest BCUT2D eigenvalue weighted by Crippen LogP contribution is -2.24. The monoisotopic (exact) mass is 247 g/mol. The predicted octanol–water partition coefficient (Wildman–Crippen LogP) is 2.18. The molecule has 4 heteroatoms. The summed E-state index contributed by atoms with van der Waals surface area (Å²) in [4.78, 5) is 17.0. The third kappa shape index (κ3) is 2.90. The fourth-order valence-electron chi connectivity index (χ4n) is 1.85. The molecule has 1 aromatic rings. The molecule has 4 nitrogen and oxygen atoms in total. The molecule has 0 unspecified atom stereocenters. The topological polar surface area (TPSA) is 38.8 Å². The van der Waals surface area contributed by atoms with E-state index in [-0.39, 0.29) is 5.91 Å². The van der Waals surface area contributed by atoms with Gasteiger partial charge < -0.3 is 4.74 Å². The number of hydroxylamine groups is 2. The molecule has 1 amide bonds. The van der Waals surface area contributed by atoms with Crippen molar-refractivity contribution in [1.29, 1.82) is 0 Å². The van der Waals surface area contributed by atoms with Crippen molar-refractivity contribution in [1.82, 2.24) is 5.06 Å². The number of hydrogen-bond acceptors (Lipinski definition) is 3. The molecule has 96 valence electrons. The highest BCUT2D eigenvalue weighted by Crippen LogP contribution is 2.21. The van der Waals surface area contributed by atoms with Crippen LogP contribution in [0.25, 0.3) is 6.08 Å². The Balaban J connectivity index is 2.12. The quantitative estimate of drug-likeness (QED) is 0.768. The van der Waals surface area contributed by atoms with Crippen LogP contribution in [-0.4, -0.2) is 31.2 Å². The lowest BCUT2D eigenvalue weighted by molar-refractivity contribution is -0.162. The second-order valence-electron chi connectivity index (χ2n) is 4.21. The smallest absolute Gasteiger partial charge is 0.270 e. The Hall–Kier alpha value is -1.81. The number of aryl methyl sites for hydroxylation is 1. The van der Waals surface area contributed by atoms with Crippen LogP contribution in [0.5, 0.6) is 5.75 Å². The molecule has 0 aromatic heterocycles. The van der Waals surface area contributed by atoms with Crippen molar-refractivity contribution in [2.75, 3.05) is 20.3 Å². The highest BCUT2D eigenvalue weighted by molar-refractivity contribution is 5.91. The van der Waals surface area contributed by atoms with Gasteiger partial charge in [0, 0.05) is 11.6 Å². The first-order chi connectivity index (χ1) is 8.70. The van der Waals surface area contributed by atoms with E-state index < -0.39 is 0 Å². The molecule has 0 aliphatic carbocycles. The largest absolute Gasteiger partial charge is 0.496 e. The van der Waals surface area contributed by atoms with Crippen molar-refractivity contribution in [2.24, 2.45) is 0 Å². The Morgan fingerprint density at radius 2 is 2.33 bits per heavy atom.